The summed E-state index contributed by atoms with van der Waals surface area (Å²) in [5, 5.41) is 14.8. The number of carboxylic acids is 1. The van der Waals surface area contributed by atoms with E-state index in [1.54, 1.807) is 12.1 Å². The molecule has 0 aromatic heterocycles. The molecule has 2 N–H and O–H groups in total. The van der Waals surface area contributed by atoms with E-state index in [1.165, 1.54) is 56.3 Å². The third-order valence-corrected chi connectivity index (χ3v) is 7.95. The van der Waals surface area contributed by atoms with Crippen molar-refractivity contribution in [2.45, 2.75) is 103 Å². The smallest absolute Gasteiger partial charge is 0.394 e. The standard InChI is InChI=1S/C36H48N2O4/c1-3-5-6-7-8-9-10-11-12-15-26-37-34(39)30-24-22-28(23-25-30)27-38(35(40)36(41)42)33(17-4-2)32-21-16-19-29-18-13-14-20-31(29)32/h13-14,16,18-25,33H,3-12,15,17,26-27H2,1-2H3,(H,37,39)(H,41,42). The maximum atomic E-state index is 13.0. The Kier molecular flexibility index (Phi) is 14.1. The molecule has 0 aliphatic rings. The topological polar surface area (TPSA) is 86.7 Å². The molecule has 0 fully saturated rings. The summed E-state index contributed by atoms with van der Waals surface area (Å²) in [5.74, 6) is -2.52. The summed E-state index contributed by atoms with van der Waals surface area (Å²) in [6.07, 6.45) is 14.0. The third-order valence-electron chi connectivity index (χ3n) is 7.95. The van der Waals surface area contributed by atoms with Crippen molar-refractivity contribution in [1.82, 2.24) is 10.2 Å². The molecule has 1 atom stereocenters. The predicted octanol–water partition coefficient (Wildman–Crippen LogP) is 8.45. The van der Waals surface area contributed by atoms with Crippen LogP contribution in [0.2, 0.25) is 0 Å². The number of amides is 2. The van der Waals surface area contributed by atoms with E-state index in [1.807, 2.05) is 61.5 Å². The first-order valence-electron chi connectivity index (χ1n) is 15.8. The fourth-order valence-electron chi connectivity index (χ4n) is 5.61. The van der Waals surface area contributed by atoms with Crippen LogP contribution >= 0.6 is 0 Å². The average Bonchev–Trinajstić information content (AvgIpc) is 3.01. The van der Waals surface area contributed by atoms with Crippen molar-refractivity contribution in [3.05, 3.63) is 83.4 Å². The molecule has 1 unspecified atom stereocenters. The van der Waals surface area contributed by atoms with Crippen molar-refractivity contribution in [3.8, 4) is 0 Å². The Morgan fingerprint density at radius 3 is 2.00 bits per heavy atom. The molecule has 0 bridgehead atoms. The fraction of sp³-hybridized carbons (Fsp3) is 0.472. The molecule has 3 aromatic rings. The molecule has 226 valence electrons. The maximum absolute atomic E-state index is 13.0. The predicted molar refractivity (Wildman–Crippen MR) is 170 cm³/mol. The molecule has 3 rings (SSSR count). The summed E-state index contributed by atoms with van der Waals surface area (Å²) >= 11 is 0. The van der Waals surface area contributed by atoms with Crippen LogP contribution < -0.4 is 5.32 Å². The highest BCUT2D eigenvalue weighted by atomic mass is 16.4. The molecule has 42 heavy (non-hydrogen) atoms. The van der Waals surface area contributed by atoms with Gasteiger partial charge >= 0.3 is 11.9 Å². The van der Waals surface area contributed by atoms with Gasteiger partial charge in [-0.1, -0.05) is 133 Å². The lowest BCUT2D eigenvalue weighted by Crippen LogP contribution is -2.39. The van der Waals surface area contributed by atoms with Gasteiger partial charge in [-0.3, -0.25) is 9.59 Å². The zero-order valence-corrected chi connectivity index (χ0v) is 25.4. The highest BCUT2D eigenvalue weighted by Gasteiger charge is 2.30. The molecule has 0 saturated heterocycles. The molecule has 6 heteroatoms. The molecule has 0 aliphatic carbocycles. The number of carbonyl (C=O) groups is 3. The number of rotatable bonds is 18. The summed E-state index contributed by atoms with van der Waals surface area (Å²) in [7, 11) is 0. The van der Waals surface area contributed by atoms with Crippen molar-refractivity contribution in [1.29, 1.82) is 0 Å². The van der Waals surface area contributed by atoms with E-state index in [0.717, 1.165) is 41.2 Å². The second kappa shape index (κ2) is 18.0. The first kappa shape index (κ1) is 32.8. The molecule has 6 nitrogen and oxygen atoms in total. The van der Waals surface area contributed by atoms with Crippen LogP contribution in [0.3, 0.4) is 0 Å². The minimum Gasteiger partial charge on any atom is -0.474 e. The average molecular weight is 573 g/mol. The second-order valence-electron chi connectivity index (χ2n) is 11.2. The Morgan fingerprint density at radius 1 is 0.738 bits per heavy atom. The lowest BCUT2D eigenvalue weighted by molar-refractivity contribution is -0.157. The van der Waals surface area contributed by atoms with Gasteiger partial charge in [0.15, 0.2) is 0 Å². The lowest BCUT2D eigenvalue weighted by Gasteiger charge is -2.32. The molecule has 3 aromatic carbocycles. The summed E-state index contributed by atoms with van der Waals surface area (Å²) in [6, 6.07) is 20.6. The molecule has 0 saturated carbocycles. The van der Waals surface area contributed by atoms with Crippen molar-refractivity contribution in [2.24, 2.45) is 0 Å². The monoisotopic (exact) mass is 572 g/mol. The Hall–Kier alpha value is -3.67. The molecule has 0 spiro atoms. The van der Waals surface area contributed by atoms with Crippen molar-refractivity contribution >= 4 is 28.6 Å². The van der Waals surface area contributed by atoms with Crippen molar-refractivity contribution < 1.29 is 19.5 Å². The van der Waals surface area contributed by atoms with Gasteiger partial charge in [-0.05, 0) is 46.9 Å². The highest BCUT2D eigenvalue weighted by Crippen LogP contribution is 2.33. The van der Waals surface area contributed by atoms with Gasteiger partial charge < -0.3 is 15.3 Å². The van der Waals surface area contributed by atoms with Crippen molar-refractivity contribution in [2.75, 3.05) is 6.54 Å². The van der Waals surface area contributed by atoms with Crippen LogP contribution in [0.15, 0.2) is 66.7 Å². The quantitative estimate of drug-likeness (QED) is 0.118. The Balaban J connectivity index is 1.58. The van der Waals surface area contributed by atoms with Gasteiger partial charge in [0, 0.05) is 18.7 Å². The lowest BCUT2D eigenvalue weighted by atomic mass is 9.94. The minimum absolute atomic E-state index is 0.115. The molecule has 0 radical (unpaired) electrons. The van der Waals surface area contributed by atoms with E-state index in [4.69, 9.17) is 0 Å². The Labute approximate surface area is 251 Å². The highest BCUT2D eigenvalue weighted by molar-refractivity contribution is 6.31. The van der Waals surface area contributed by atoms with E-state index in [0.29, 0.717) is 18.5 Å². The van der Waals surface area contributed by atoms with E-state index in [-0.39, 0.29) is 12.5 Å². The summed E-state index contributed by atoms with van der Waals surface area (Å²) in [4.78, 5) is 39.0. The largest absolute Gasteiger partial charge is 0.474 e. The number of carboxylic acid groups (broad SMARTS) is 1. The Morgan fingerprint density at radius 2 is 1.36 bits per heavy atom. The number of carbonyl (C=O) groups excluding carboxylic acids is 2. The molecule has 0 aliphatic heterocycles. The summed E-state index contributed by atoms with van der Waals surface area (Å²) < 4.78 is 0. The Bertz CT molecular complexity index is 1270. The SMILES string of the molecule is CCCCCCCCCCCCNC(=O)c1ccc(CN(C(=O)C(=O)O)C(CCC)c2cccc3ccccc23)cc1. The van der Waals surface area contributed by atoms with Crippen LogP contribution in [0.1, 0.15) is 118 Å². The minimum atomic E-state index is -1.47. The number of hydrogen-bond donors (Lipinski definition) is 2. The van der Waals surface area contributed by atoms with Crippen LogP contribution in [0.5, 0.6) is 0 Å². The fourth-order valence-corrected chi connectivity index (χ4v) is 5.61. The van der Waals surface area contributed by atoms with Crippen LogP contribution in [-0.2, 0) is 16.1 Å². The first-order valence-corrected chi connectivity index (χ1v) is 15.8. The van der Waals surface area contributed by atoms with Gasteiger partial charge in [-0.2, -0.15) is 0 Å². The van der Waals surface area contributed by atoms with E-state index in [9.17, 15) is 19.5 Å². The zero-order chi connectivity index (χ0) is 30.2. The number of benzene rings is 3. The van der Waals surface area contributed by atoms with Crippen LogP contribution in [0.4, 0.5) is 0 Å². The van der Waals surface area contributed by atoms with Crippen LogP contribution in [-0.4, -0.2) is 34.3 Å². The van der Waals surface area contributed by atoms with E-state index < -0.39 is 17.9 Å². The number of unbranched alkanes of at least 4 members (excludes halogenated alkanes) is 9. The molecule has 2 amide bonds. The van der Waals surface area contributed by atoms with Gasteiger partial charge in [0.2, 0.25) is 0 Å². The number of hydrogen-bond acceptors (Lipinski definition) is 3. The number of nitrogens with one attached hydrogen (secondary N) is 1. The molecular weight excluding hydrogens is 524 g/mol. The van der Waals surface area contributed by atoms with Gasteiger partial charge in [-0.15, -0.1) is 0 Å². The maximum Gasteiger partial charge on any atom is 0.394 e. The van der Waals surface area contributed by atoms with Crippen molar-refractivity contribution in [3.63, 3.8) is 0 Å². The first-order chi connectivity index (χ1) is 20.5. The third kappa shape index (κ3) is 10.0. The number of nitrogens with zero attached hydrogens (tertiary/aromatic N) is 1. The summed E-state index contributed by atoms with van der Waals surface area (Å²) in [5.41, 5.74) is 2.27. The van der Waals surface area contributed by atoms with Gasteiger partial charge in [0.25, 0.3) is 5.91 Å². The number of aliphatic carboxylic acids is 1. The zero-order valence-electron chi connectivity index (χ0n) is 25.4. The molecule has 0 heterocycles. The molecular formula is C36H48N2O4. The van der Waals surface area contributed by atoms with Gasteiger partial charge in [0.05, 0.1) is 6.04 Å². The second-order valence-corrected chi connectivity index (χ2v) is 11.2. The van der Waals surface area contributed by atoms with E-state index in [2.05, 4.69) is 12.2 Å². The number of fused-ring (bicyclic) bond motifs is 1. The van der Waals surface area contributed by atoms with Crippen LogP contribution in [0, 0.1) is 0 Å². The van der Waals surface area contributed by atoms with E-state index >= 15 is 0 Å². The van der Waals surface area contributed by atoms with Gasteiger partial charge in [-0.25, -0.2) is 4.79 Å². The van der Waals surface area contributed by atoms with Gasteiger partial charge in [0.1, 0.15) is 0 Å². The normalized spacial score (nSPS) is 11.8. The van der Waals surface area contributed by atoms with Crippen LogP contribution in [0.25, 0.3) is 10.8 Å². The summed E-state index contributed by atoms with van der Waals surface area (Å²) in [6.45, 7) is 5.07.